The smallest absolute Gasteiger partial charge is 0.164 e. The predicted octanol–water partition coefficient (Wildman–Crippen LogP) is 2.84. The van der Waals surface area contributed by atoms with Crippen LogP contribution in [-0.2, 0) is 14.3 Å². The van der Waals surface area contributed by atoms with Crippen LogP contribution in [0.3, 0.4) is 0 Å². The maximum Gasteiger partial charge on any atom is 0.164 e. The third kappa shape index (κ3) is 3.42. The number of hydrogen-bond acceptors (Lipinski definition) is 3. The Morgan fingerprint density at radius 3 is 2.38 bits per heavy atom. The van der Waals surface area contributed by atoms with E-state index in [1.807, 2.05) is 34.6 Å². The van der Waals surface area contributed by atoms with Gasteiger partial charge in [-0.2, -0.15) is 0 Å². The molecule has 1 rings (SSSR count). The number of hydrogen-bond donors (Lipinski definition) is 0. The van der Waals surface area contributed by atoms with Gasteiger partial charge in [-0.25, -0.2) is 0 Å². The molecule has 0 bridgehead atoms. The van der Waals surface area contributed by atoms with Crippen molar-refractivity contribution in [2.24, 2.45) is 0 Å². The molecule has 0 radical (unpaired) electrons. The van der Waals surface area contributed by atoms with Crippen LogP contribution in [-0.4, -0.2) is 23.8 Å². The van der Waals surface area contributed by atoms with Gasteiger partial charge in [0.05, 0.1) is 11.7 Å². The summed E-state index contributed by atoms with van der Waals surface area (Å²) in [6.07, 6.45) is 4.26. The number of carbonyl (C=O) groups excluding carboxylic acids is 1. The Morgan fingerprint density at radius 1 is 1.31 bits per heavy atom. The molecular weight excluding hydrogens is 204 g/mol. The fourth-order valence-corrected chi connectivity index (χ4v) is 2.17. The van der Waals surface area contributed by atoms with Crippen LogP contribution >= 0.6 is 0 Å². The average molecular weight is 226 g/mol. The second kappa shape index (κ2) is 4.68. The zero-order chi connectivity index (χ0) is 12.4. The van der Waals surface area contributed by atoms with Crippen LogP contribution in [0.4, 0.5) is 0 Å². The van der Waals surface area contributed by atoms with E-state index in [0.29, 0.717) is 0 Å². The highest BCUT2D eigenvalue weighted by molar-refractivity contribution is 5.65. The second-order valence-corrected chi connectivity index (χ2v) is 5.40. The van der Waals surface area contributed by atoms with Crippen LogP contribution in [0, 0.1) is 0 Å². The van der Waals surface area contributed by atoms with E-state index < -0.39 is 5.79 Å². The number of rotatable bonds is 4. The highest BCUT2D eigenvalue weighted by Crippen LogP contribution is 2.38. The first-order chi connectivity index (χ1) is 7.27. The summed E-state index contributed by atoms with van der Waals surface area (Å²) in [6, 6.07) is 0. The van der Waals surface area contributed by atoms with Crippen LogP contribution in [0.25, 0.3) is 0 Å². The van der Waals surface area contributed by atoms with Crippen molar-refractivity contribution in [3.05, 3.63) is 11.6 Å². The molecule has 92 valence electrons. The van der Waals surface area contributed by atoms with Gasteiger partial charge in [0.2, 0.25) is 0 Å². The van der Waals surface area contributed by atoms with E-state index in [4.69, 9.17) is 9.47 Å². The second-order valence-electron chi connectivity index (χ2n) is 5.40. The molecule has 1 atom stereocenters. The maximum absolute atomic E-state index is 10.3. The standard InChI is InChI=1S/C13H22O3/c1-10(8-9-14)6-7-11-12(2,3)16-13(4,5)15-11/h8-9,11H,6-7H2,1-5H3/b10-8-. The highest BCUT2D eigenvalue weighted by Gasteiger charge is 2.46. The minimum Gasteiger partial charge on any atom is -0.344 e. The molecule has 16 heavy (non-hydrogen) atoms. The number of carbonyl (C=O) groups is 1. The summed E-state index contributed by atoms with van der Waals surface area (Å²) >= 11 is 0. The molecule has 1 aliphatic heterocycles. The van der Waals surface area contributed by atoms with E-state index in [-0.39, 0.29) is 11.7 Å². The van der Waals surface area contributed by atoms with Gasteiger partial charge < -0.3 is 9.47 Å². The summed E-state index contributed by atoms with van der Waals surface area (Å²) in [4.78, 5) is 10.3. The molecule has 0 aromatic rings. The van der Waals surface area contributed by atoms with E-state index in [0.717, 1.165) is 24.7 Å². The largest absolute Gasteiger partial charge is 0.344 e. The first-order valence-corrected chi connectivity index (χ1v) is 5.76. The molecule has 0 saturated carbocycles. The molecule has 0 spiro atoms. The zero-order valence-corrected chi connectivity index (χ0v) is 10.9. The highest BCUT2D eigenvalue weighted by atomic mass is 16.8. The van der Waals surface area contributed by atoms with E-state index in [2.05, 4.69) is 0 Å². The molecule has 3 nitrogen and oxygen atoms in total. The molecule has 1 aliphatic rings. The molecule has 1 fully saturated rings. The van der Waals surface area contributed by atoms with Crippen molar-refractivity contribution < 1.29 is 14.3 Å². The summed E-state index contributed by atoms with van der Waals surface area (Å²) in [5, 5.41) is 0. The van der Waals surface area contributed by atoms with Crippen molar-refractivity contribution >= 4 is 6.29 Å². The van der Waals surface area contributed by atoms with Gasteiger partial charge in [-0.1, -0.05) is 5.57 Å². The lowest BCUT2D eigenvalue weighted by atomic mass is 9.96. The van der Waals surface area contributed by atoms with Gasteiger partial charge in [0.25, 0.3) is 0 Å². The molecular formula is C13H22O3. The van der Waals surface area contributed by atoms with Gasteiger partial charge in [0.15, 0.2) is 5.79 Å². The average Bonchev–Trinajstić information content (AvgIpc) is 2.31. The molecule has 0 aromatic heterocycles. The maximum atomic E-state index is 10.3. The summed E-state index contributed by atoms with van der Waals surface area (Å²) < 4.78 is 11.7. The Hall–Kier alpha value is -0.670. The fraction of sp³-hybridized carbons (Fsp3) is 0.769. The van der Waals surface area contributed by atoms with Gasteiger partial charge in [0.1, 0.15) is 6.29 Å². The van der Waals surface area contributed by atoms with Gasteiger partial charge in [-0.05, 0) is 53.5 Å². The van der Waals surface area contributed by atoms with Crippen LogP contribution in [0.1, 0.15) is 47.5 Å². The Morgan fingerprint density at radius 2 is 1.94 bits per heavy atom. The number of allylic oxidation sites excluding steroid dienone is 2. The third-order valence-corrected chi connectivity index (χ3v) is 2.86. The SMILES string of the molecule is C/C(=C/C=O)CCC1OC(C)(C)OC1(C)C. The third-order valence-electron chi connectivity index (χ3n) is 2.86. The van der Waals surface area contributed by atoms with Gasteiger partial charge in [0, 0.05) is 0 Å². The lowest BCUT2D eigenvalue weighted by Gasteiger charge is -2.23. The van der Waals surface area contributed by atoms with Crippen molar-refractivity contribution in [3.63, 3.8) is 0 Å². The molecule has 0 aliphatic carbocycles. The van der Waals surface area contributed by atoms with E-state index >= 15 is 0 Å². The summed E-state index contributed by atoms with van der Waals surface area (Å²) in [5.41, 5.74) is 0.824. The molecule has 3 heteroatoms. The normalized spacial score (nSPS) is 28.1. The Balaban J connectivity index is 2.55. The van der Waals surface area contributed by atoms with Gasteiger partial charge in [-0.15, -0.1) is 0 Å². The molecule has 1 heterocycles. The van der Waals surface area contributed by atoms with E-state index in [1.54, 1.807) is 6.08 Å². The van der Waals surface area contributed by atoms with Crippen LogP contribution in [0.5, 0.6) is 0 Å². The molecule has 1 unspecified atom stereocenters. The van der Waals surface area contributed by atoms with E-state index in [1.165, 1.54) is 0 Å². The fourth-order valence-electron chi connectivity index (χ4n) is 2.17. The lowest BCUT2D eigenvalue weighted by molar-refractivity contribution is -0.157. The van der Waals surface area contributed by atoms with Crippen LogP contribution in [0.2, 0.25) is 0 Å². The molecule has 0 aromatic carbocycles. The van der Waals surface area contributed by atoms with Gasteiger partial charge >= 0.3 is 0 Å². The first kappa shape index (κ1) is 13.4. The first-order valence-electron chi connectivity index (χ1n) is 5.76. The van der Waals surface area contributed by atoms with Crippen LogP contribution < -0.4 is 0 Å². The van der Waals surface area contributed by atoms with Crippen molar-refractivity contribution in [2.75, 3.05) is 0 Å². The summed E-state index contributed by atoms with van der Waals surface area (Å²) in [6.45, 7) is 9.92. The number of aldehydes is 1. The van der Waals surface area contributed by atoms with Crippen molar-refractivity contribution in [1.29, 1.82) is 0 Å². The minimum atomic E-state index is -0.504. The zero-order valence-electron chi connectivity index (χ0n) is 10.9. The van der Waals surface area contributed by atoms with Crippen molar-refractivity contribution in [2.45, 2.75) is 65.0 Å². The lowest BCUT2D eigenvalue weighted by Crippen LogP contribution is -2.33. The van der Waals surface area contributed by atoms with Crippen molar-refractivity contribution in [1.82, 2.24) is 0 Å². The van der Waals surface area contributed by atoms with E-state index in [9.17, 15) is 4.79 Å². The summed E-state index contributed by atoms with van der Waals surface area (Å²) in [5.74, 6) is -0.504. The summed E-state index contributed by atoms with van der Waals surface area (Å²) in [7, 11) is 0. The van der Waals surface area contributed by atoms with Gasteiger partial charge in [-0.3, -0.25) is 4.79 Å². The number of ether oxygens (including phenoxy) is 2. The quantitative estimate of drug-likeness (QED) is 0.546. The molecule has 1 saturated heterocycles. The Bertz CT molecular complexity index is 290. The van der Waals surface area contributed by atoms with Crippen LogP contribution in [0.15, 0.2) is 11.6 Å². The molecule has 0 N–H and O–H groups in total. The molecule has 0 amide bonds. The minimum absolute atomic E-state index is 0.0810. The van der Waals surface area contributed by atoms with Crippen molar-refractivity contribution in [3.8, 4) is 0 Å². The topological polar surface area (TPSA) is 35.5 Å². The Labute approximate surface area is 97.8 Å². The predicted molar refractivity (Wildman–Crippen MR) is 63.2 cm³/mol. The monoisotopic (exact) mass is 226 g/mol. The Kier molecular flexibility index (Phi) is 3.92.